The number of aromatic nitrogens is 1. The summed E-state index contributed by atoms with van der Waals surface area (Å²) >= 11 is 0. The Balaban J connectivity index is 2.74. The van der Waals surface area contributed by atoms with E-state index >= 15 is 0 Å². The summed E-state index contributed by atoms with van der Waals surface area (Å²) in [7, 11) is 3.19. The minimum absolute atomic E-state index is 0.0426. The highest BCUT2D eigenvalue weighted by Crippen LogP contribution is 2.18. The third-order valence-corrected chi connectivity index (χ3v) is 2.52. The van der Waals surface area contributed by atoms with Crippen LogP contribution in [0.1, 0.15) is 10.4 Å². The molecular formula is C12H19N5O3. The molecule has 0 fully saturated rings. The van der Waals surface area contributed by atoms with Crippen molar-refractivity contribution >= 4 is 23.3 Å². The Hall–Kier alpha value is -2.35. The summed E-state index contributed by atoms with van der Waals surface area (Å²) in [5.74, 6) is -0.543. The number of hydrogen-bond donors (Lipinski definition) is 3. The summed E-state index contributed by atoms with van der Waals surface area (Å²) in [6, 6.07) is 1.43. The predicted octanol–water partition coefficient (Wildman–Crippen LogP) is -1.04. The normalized spacial score (nSPS) is 10.1. The van der Waals surface area contributed by atoms with E-state index in [-0.39, 0.29) is 18.0 Å². The zero-order chi connectivity index (χ0) is 15.1. The molecule has 1 aromatic rings. The molecule has 1 rings (SSSR count). The molecule has 0 bridgehead atoms. The molecule has 0 radical (unpaired) electrons. The number of rotatable bonds is 7. The number of amides is 2. The highest BCUT2D eigenvalue weighted by Gasteiger charge is 2.16. The Morgan fingerprint density at radius 3 is 2.80 bits per heavy atom. The highest BCUT2D eigenvalue weighted by molar-refractivity contribution is 5.99. The van der Waals surface area contributed by atoms with E-state index in [9.17, 15) is 9.59 Å². The maximum absolute atomic E-state index is 11.7. The smallest absolute Gasteiger partial charge is 0.252 e. The molecule has 1 aromatic heterocycles. The van der Waals surface area contributed by atoms with Gasteiger partial charge in [0.1, 0.15) is 5.82 Å². The Kier molecular flexibility index (Phi) is 5.73. The van der Waals surface area contributed by atoms with Crippen LogP contribution in [0.15, 0.2) is 12.3 Å². The maximum atomic E-state index is 11.7. The number of pyridine rings is 1. The van der Waals surface area contributed by atoms with Crippen LogP contribution in [0.25, 0.3) is 0 Å². The van der Waals surface area contributed by atoms with E-state index in [0.717, 1.165) is 0 Å². The van der Waals surface area contributed by atoms with Gasteiger partial charge in [-0.15, -0.1) is 0 Å². The summed E-state index contributed by atoms with van der Waals surface area (Å²) in [5, 5.41) is 2.67. The third-order valence-electron chi connectivity index (χ3n) is 2.52. The first-order valence-corrected chi connectivity index (χ1v) is 5.97. The molecule has 0 atom stereocenters. The number of methoxy groups -OCH3 is 1. The van der Waals surface area contributed by atoms with E-state index in [1.165, 1.54) is 17.2 Å². The van der Waals surface area contributed by atoms with E-state index in [1.807, 2.05) is 0 Å². The molecule has 0 saturated carbocycles. The number of nitrogens with zero attached hydrogens (tertiary/aromatic N) is 2. The lowest BCUT2D eigenvalue weighted by Crippen LogP contribution is -2.37. The van der Waals surface area contributed by atoms with Gasteiger partial charge >= 0.3 is 0 Å². The first kappa shape index (κ1) is 15.7. The van der Waals surface area contributed by atoms with Gasteiger partial charge in [0.05, 0.1) is 30.6 Å². The van der Waals surface area contributed by atoms with Crippen LogP contribution < -0.4 is 21.7 Å². The monoisotopic (exact) mass is 281 g/mol. The Morgan fingerprint density at radius 2 is 2.20 bits per heavy atom. The Morgan fingerprint density at radius 1 is 1.50 bits per heavy atom. The fourth-order valence-electron chi connectivity index (χ4n) is 1.60. The van der Waals surface area contributed by atoms with E-state index < -0.39 is 5.91 Å². The molecule has 8 heteroatoms. The van der Waals surface area contributed by atoms with E-state index in [1.54, 1.807) is 14.2 Å². The Labute approximate surface area is 117 Å². The second-order valence-corrected chi connectivity index (χ2v) is 4.20. The van der Waals surface area contributed by atoms with Gasteiger partial charge in [-0.1, -0.05) is 0 Å². The van der Waals surface area contributed by atoms with Gasteiger partial charge in [-0.3, -0.25) is 9.59 Å². The number of nitrogen functional groups attached to an aromatic ring is 1. The number of hydrogen-bond acceptors (Lipinski definition) is 6. The van der Waals surface area contributed by atoms with E-state index in [2.05, 4.69) is 10.3 Å². The Bertz CT molecular complexity index is 492. The predicted molar refractivity (Wildman–Crippen MR) is 75.3 cm³/mol. The second kappa shape index (κ2) is 7.29. The van der Waals surface area contributed by atoms with Crippen molar-refractivity contribution < 1.29 is 14.3 Å². The number of likely N-dealkylation sites (N-methyl/N-ethyl adjacent to an activating group) is 1. The molecule has 0 spiro atoms. The summed E-state index contributed by atoms with van der Waals surface area (Å²) < 4.78 is 4.83. The minimum Gasteiger partial charge on any atom is -0.397 e. The van der Waals surface area contributed by atoms with Crippen molar-refractivity contribution in [2.75, 3.05) is 44.5 Å². The molecule has 0 aromatic carbocycles. The van der Waals surface area contributed by atoms with Crippen molar-refractivity contribution in [1.29, 1.82) is 0 Å². The second-order valence-electron chi connectivity index (χ2n) is 4.20. The lowest BCUT2D eigenvalue weighted by atomic mass is 10.2. The van der Waals surface area contributed by atoms with Gasteiger partial charge in [0, 0.05) is 20.7 Å². The first-order chi connectivity index (χ1) is 9.45. The molecular weight excluding hydrogens is 262 g/mol. The average molecular weight is 281 g/mol. The lowest BCUT2D eigenvalue weighted by molar-refractivity contribution is -0.119. The van der Waals surface area contributed by atoms with Gasteiger partial charge in [0.15, 0.2) is 0 Å². The number of primary amides is 1. The number of nitrogens with one attached hydrogen (secondary N) is 1. The van der Waals surface area contributed by atoms with Gasteiger partial charge in [-0.05, 0) is 6.07 Å². The first-order valence-electron chi connectivity index (χ1n) is 5.97. The molecule has 110 valence electrons. The number of carbonyl (C=O) groups is 2. The standard InChI is InChI=1S/C12H19N5O3/c1-17(7-10(18)15-3-4-20-2)12-9(11(14)19)5-8(13)6-16-12/h5-6H,3-4,7,13H2,1-2H3,(H2,14,19)(H,15,18). The van der Waals surface area contributed by atoms with Crippen LogP contribution in [0.5, 0.6) is 0 Å². The summed E-state index contributed by atoms with van der Waals surface area (Å²) in [4.78, 5) is 28.6. The maximum Gasteiger partial charge on any atom is 0.252 e. The topological polar surface area (TPSA) is 124 Å². The number of carbonyl (C=O) groups excluding carboxylic acids is 2. The SMILES string of the molecule is COCCNC(=O)CN(C)c1ncc(N)cc1C(N)=O. The molecule has 0 saturated heterocycles. The van der Waals surface area contributed by atoms with Crippen molar-refractivity contribution in [2.45, 2.75) is 0 Å². The van der Waals surface area contributed by atoms with Crippen LogP contribution in [0.3, 0.4) is 0 Å². The van der Waals surface area contributed by atoms with E-state index in [4.69, 9.17) is 16.2 Å². The van der Waals surface area contributed by atoms with Crippen molar-refractivity contribution in [2.24, 2.45) is 5.73 Å². The van der Waals surface area contributed by atoms with Crippen LogP contribution >= 0.6 is 0 Å². The number of nitrogens with two attached hydrogens (primary N) is 2. The molecule has 0 aliphatic rings. The number of anilines is 2. The van der Waals surface area contributed by atoms with Gasteiger partial charge in [-0.2, -0.15) is 0 Å². The summed E-state index contributed by atoms with van der Waals surface area (Å²) in [6.07, 6.45) is 1.40. The zero-order valence-electron chi connectivity index (χ0n) is 11.5. The van der Waals surface area contributed by atoms with Gasteiger partial charge < -0.3 is 26.4 Å². The molecule has 0 aliphatic carbocycles. The quantitative estimate of drug-likeness (QED) is 0.549. The molecule has 20 heavy (non-hydrogen) atoms. The van der Waals surface area contributed by atoms with Crippen LogP contribution in [-0.2, 0) is 9.53 Å². The van der Waals surface area contributed by atoms with Crippen molar-refractivity contribution in [3.63, 3.8) is 0 Å². The minimum atomic E-state index is -0.647. The molecule has 2 amide bonds. The van der Waals surface area contributed by atoms with Gasteiger partial charge in [0.25, 0.3) is 5.91 Å². The molecule has 0 aliphatic heterocycles. The van der Waals surface area contributed by atoms with Gasteiger partial charge in [0.2, 0.25) is 5.91 Å². The van der Waals surface area contributed by atoms with E-state index in [0.29, 0.717) is 24.7 Å². The third kappa shape index (κ3) is 4.39. The average Bonchev–Trinajstić information content (AvgIpc) is 2.38. The highest BCUT2D eigenvalue weighted by atomic mass is 16.5. The van der Waals surface area contributed by atoms with Crippen molar-refractivity contribution in [3.05, 3.63) is 17.8 Å². The van der Waals surface area contributed by atoms with Crippen molar-refractivity contribution in [1.82, 2.24) is 10.3 Å². The van der Waals surface area contributed by atoms with Gasteiger partial charge in [-0.25, -0.2) is 4.98 Å². The van der Waals surface area contributed by atoms with Crippen LogP contribution in [0, 0.1) is 0 Å². The molecule has 8 nitrogen and oxygen atoms in total. The zero-order valence-corrected chi connectivity index (χ0v) is 11.5. The molecule has 5 N–H and O–H groups in total. The van der Waals surface area contributed by atoms with Crippen LogP contribution in [0.2, 0.25) is 0 Å². The fourth-order valence-corrected chi connectivity index (χ4v) is 1.60. The summed E-state index contributed by atoms with van der Waals surface area (Å²) in [5.41, 5.74) is 11.3. The van der Waals surface area contributed by atoms with Crippen LogP contribution in [-0.4, -0.2) is 50.7 Å². The van der Waals surface area contributed by atoms with Crippen LogP contribution in [0.4, 0.5) is 11.5 Å². The fraction of sp³-hybridized carbons (Fsp3) is 0.417. The lowest BCUT2D eigenvalue weighted by Gasteiger charge is -2.19. The number of ether oxygens (including phenoxy) is 1. The largest absolute Gasteiger partial charge is 0.397 e. The molecule has 1 heterocycles. The summed E-state index contributed by atoms with van der Waals surface area (Å²) in [6.45, 7) is 0.893. The van der Waals surface area contributed by atoms with Crippen molar-refractivity contribution in [3.8, 4) is 0 Å². The molecule has 0 unspecified atom stereocenters.